The van der Waals surface area contributed by atoms with E-state index in [2.05, 4.69) is 5.32 Å². The lowest BCUT2D eigenvalue weighted by molar-refractivity contribution is 0.00578. The zero-order valence-corrected chi connectivity index (χ0v) is 13.9. The summed E-state index contributed by atoms with van der Waals surface area (Å²) >= 11 is 0. The first kappa shape index (κ1) is 16.9. The molecule has 0 aliphatic carbocycles. The number of nitrogens with one attached hydrogen (secondary N) is 1. The zero-order valence-electron chi connectivity index (χ0n) is 13.9. The van der Waals surface area contributed by atoms with Crippen molar-refractivity contribution in [1.82, 2.24) is 5.32 Å². The van der Waals surface area contributed by atoms with Crippen LogP contribution < -0.4 is 11.1 Å². The van der Waals surface area contributed by atoms with Crippen LogP contribution in [0.25, 0.3) is 6.08 Å². The van der Waals surface area contributed by atoms with Gasteiger partial charge in [0.25, 0.3) is 0 Å². The van der Waals surface area contributed by atoms with E-state index in [0.717, 1.165) is 5.47 Å². The number of nitrogen functional groups attached to an aromatic ring is 1. The Balaban J connectivity index is 2.35. The second-order valence-electron chi connectivity index (χ2n) is 6.62. The molecular formula is C16H25BN2O3. The van der Waals surface area contributed by atoms with Gasteiger partial charge in [-0.3, -0.25) is 0 Å². The van der Waals surface area contributed by atoms with Gasteiger partial charge in [-0.2, -0.15) is 0 Å². The van der Waals surface area contributed by atoms with Crippen molar-refractivity contribution in [3.8, 4) is 5.75 Å². The number of anilines is 1. The van der Waals surface area contributed by atoms with Gasteiger partial charge in [0.1, 0.15) is 5.75 Å². The predicted molar refractivity (Wildman–Crippen MR) is 90.5 cm³/mol. The van der Waals surface area contributed by atoms with E-state index in [1.807, 2.05) is 53.0 Å². The fraction of sp³-hybridized carbons (Fsp3) is 0.500. The van der Waals surface area contributed by atoms with Crippen LogP contribution in [0.5, 0.6) is 5.75 Å². The fourth-order valence-corrected chi connectivity index (χ4v) is 2.30. The number of rotatable bonds is 4. The van der Waals surface area contributed by atoms with Gasteiger partial charge in [0.05, 0.1) is 16.9 Å². The van der Waals surface area contributed by atoms with E-state index >= 15 is 0 Å². The highest BCUT2D eigenvalue weighted by atomic mass is 16.7. The van der Waals surface area contributed by atoms with Gasteiger partial charge in [0.2, 0.25) is 0 Å². The van der Waals surface area contributed by atoms with Crippen molar-refractivity contribution in [2.45, 2.75) is 38.9 Å². The first-order chi connectivity index (χ1) is 10.2. The number of nitrogens with two attached hydrogens (primary N) is 1. The molecule has 0 radical (unpaired) electrons. The molecule has 22 heavy (non-hydrogen) atoms. The molecule has 0 spiro atoms. The van der Waals surface area contributed by atoms with Crippen LogP contribution in [-0.4, -0.2) is 37.0 Å². The minimum atomic E-state index is -0.460. The summed E-state index contributed by atoms with van der Waals surface area (Å²) in [4.78, 5) is 0. The topological polar surface area (TPSA) is 76.7 Å². The molecule has 2 rings (SSSR count). The fourth-order valence-electron chi connectivity index (χ4n) is 2.30. The average Bonchev–Trinajstić information content (AvgIpc) is 2.63. The minimum absolute atomic E-state index is 0.0765. The Hall–Kier alpha value is -1.50. The van der Waals surface area contributed by atoms with Crippen molar-refractivity contribution in [2.75, 3.05) is 19.3 Å². The Morgan fingerprint density at radius 2 is 1.86 bits per heavy atom. The van der Waals surface area contributed by atoms with Gasteiger partial charge in [-0.25, -0.2) is 0 Å². The van der Waals surface area contributed by atoms with E-state index < -0.39 is 18.3 Å². The van der Waals surface area contributed by atoms with Crippen molar-refractivity contribution in [1.29, 1.82) is 0 Å². The maximum atomic E-state index is 10.1. The number of phenolic OH excluding ortho intramolecular Hbond substituents is 1. The molecule has 0 atom stereocenters. The lowest BCUT2D eigenvalue weighted by Gasteiger charge is -2.32. The highest BCUT2D eigenvalue weighted by molar-refractivity contribution is 6.56. The van der Waals surface area contributed by atoms with Crippen LogP contribution in [0.1, 0.15) is 33.3 Å². The van der Waals surface area contributed by atoms with Gasteiger partial charge in [-0.1, -0.05) is 18.2 Å². The van der Waals surface area contributed by atoms with E-state index in [0.29, 0.717) is 17.8 Å². The molecule has 1 saturated heterocycles. The third kappa shape index (κ3) is 3.14. The van der Waals surface area contributed by atoms with E-state index in [4.69, 9.17) is 15.0 Å². The lowest BCUT2D eigenvalue weighted by atomic mass is 9.77. The van der Waals surface area contributed by atoms with Gasteiger partial charge in [-0.05, 0) is 46.3 Å². The summed E-state index contributed by atoms with van der Waals surface area (Å²) in [6.07, 6.45) is 1.87. The molecule has 0 aromatic heterocycles. The van der Waals surface area contributed by atoms with E-state index in [1.165, 1.54) is 0 Å². The maximum Gasteiger partial charge on any atom is 0.491 e. The molecule has 4 N–H and O–H groups in total. The van der Waals surface area contributed by atoms with Crippen LogP contribution in [0, 0.1) is 0 Å². The van der Waals surface area contributed by atoms with E-state index in [9.17, 15) is 5.11 Å². The number of para-hydroxylation sites is 1. The molecule has 1 aromatic carbocycles. The maximum absolute atomic E-state index is 10.1. The molecule has 120 valence electrons. The Labute approximate surface area is 132 Å². The summed E-state index contributed by atoms with van der Waals surface area (Å²) in [7, 11) is 1.40. The number of hydrogen-bond donors (Lipinski definition) is 3. The molecule has 5 nitrogen and oxygen atoms in total. The quantitative estimate of drug-likeness (QED) is 0.452. The SMILES string of the molecule is CNCC(=Cc1cccc(N)c1O)B1OC(C)(C)C(C)(C)O1. The van der Waals surface area contributed by atoms with Crippen LogP contribution in [-0.2, 0) is 9.31 Å². The first-order valence-electron chi connectivity index (χ1n) is 7.46. The summed E-state index contributed by atoms with van der Waals surface area (Å²) in [6, 6.07) is 5.29. The third-order valence-corrected chi connectivity index (χ3v) is 4.38. The number of hydrogen-bond acceptors (Lipinski definition) is 5. The molecule has 6 heteroatoms. The Morgan fingerprint density at radius 3 is 2.41 bits per heavy atom. The highest BCUT2D eigenvalue weighted by Crippen LogP contribution is 2.39. The van der Waals surface area contributed by atoms with Crippen LogP contribution in [0.3, 0.4) is 0 Å². The molecule has 1 aliphatic rings. The molecule has 1 heterocycles. The van der Waals surface area contributed by atoms with Crippen molar-refractivity contribution in [3.05, 3.63) is 29.2 Å². The number of benzene rings is 1. The zero-order chi connectivity index (χ0) is 16.5. The summed E-state index contributed by atoms with van der Waals surface area (Å²) < 4.78 is 12.2. The second kappa shape index (κ2) is 5.95. The van der Waals surface area contributed by atoms with Crippen molar-refractivity contribution >= 4 is 18.9 Å². The Bertz CT molecular complexity index is 569. The number of phenols is 1. The number of aromatic hydroxyl groups is 1. The molecule has 0 bridgehead atoms. The second-order valence-corrected chi connectivity index (χ2v) is 6.62. The predicted octanol–water partition coefficient (Wildman–Crippen LogP) is 2.21. The van der Waals surface area contributed by atoms with Crippen LogP contribution in [0.2, 0.25) is 0 Å². The monoisotopic (exact) mass is 304 g/mol. The Morgan fingerprint density at radius 1 is 1.27 bits per heavy atom. The lowest BCUT2D eigenvalue weighted by Crippen LogP contribution is -2.41. The van der Waals surface area contributed by atoms with Crippen molar-refractivity contribution in [3.63, 3.8) is 0 Å². The summed E-state index contributed by atoms with van der Waals surface area (Å²) in [5.41, 5.74) is 6.86. The normalized spacial score (nSPS) is 20.4. The van der Waals surface area contributed by atoms with Gasteiger partial charge < -0.3 is 25.5 Å². The van der Waals surface area contributed by atoms with Crippen LogP contribution in [0.15, 0.2) is 23.7 Å². The summed E-state index contributed by atoms with van der Waals surface area (Å²) in [5, 5.41) is 13.2. The van der Waals surface area contributed by atoms with E-state index in [-0.39, 0.29) is 5.75 Å². The minimum Gasteiger partial charge on any atom is -0.505 e. The summed E-state index contributed by atoms with van der Waals surface area (Å²) in [6.45, 7) is 8.65. The van der Waals surface area contributed by atoms with Gasteiger partial charge in [-0.15, -0.1) is 0 Å². The third-order valence-electron chi connectivity index (χ3n) is 4.38. The Kier molecular flexibility index (Phi) is 4.56. The first-order valence-corrected chi connectivity index (χ1v) is 7.46. The molecule has 0 amide bonds. The highest BCUT2D eigenvalue weighted by Gasteiger charge is 2.52. The van der Waals surface area contributed by atoms with E-state index in [1.54, 1.807) is 6.07 Å². The largest absolute Gasteiger partial charge is 0.505 e. The van der Waals surface area contributed by atoms with Crippen molar-refractivity contribution in [2.24, 2.45) is 0 Å². The molecular weight excluding hydrogens is 279 g/mol. The molecule has 1 aromatic rings. The molecule has 0 saturated carbocycles. The van der Waals surface area contributed by atoms with Gasteiger partial charge in [0.15, 0.2) is 0 Å². The summed E-state index contributed by atoms with van der Waals surface area (Å²) in [5.74, 6) is 0.0765. The standard InChI is InChI=1S/C16H25BN2O3/c1-15(2)16(3,4)22-17(21-15)12(10-19-5)9-11-7-6-8-13(18)14(11)20/h6-9,19-20H,10,18H2,1-5H3. The number of likely N-dealkylation sites (N-methyl/N-ethyl adjacent to an activating group) is 1. The van der Waals surface area contributed by atoms with Gasteiger partial charge >= 0.3 is 7.12 Å². The molecule has 1 fully saturated rings. The average molecular weight is 304 g/mol. The van der Waals surface area contributed by atoms with Crippen LogP contribution in [0.4, 0.5) is 5.69 Å². The molecule has 0 unspecified atom stereocenters. The smallest absolute Gasteiger partial charge is 0.491 e. The van der Waals surface area contributed by atoms with Crippen molar-refractivity contribution < 1.29 is 14.4 Å². The van der Waals surface area contributed by atoms with Crippen LogP contribution >= 0.6 is 0 Å². The van der Waals surface area contributed by atoms with Gasteiger partial charge in [0, 0.05) is 12.1 Å². The molecule has 1 aliphatic heterocycles.